The second-order valence-electron chi connectivity index (χ2n) is 7.20. The maximum absolute atomic E-state index is 14.3. The van der Waals surface area contributed by atoms with Gasteiger partial charge in [-0.05, 0) is 30.3 Å². The molecule has 9 nitrogen and oxygen atoms in total. The molecule has 0 bridgehead atoms. The van der Waals surface area contributed by atoms with E-state index in [1.54, 1.807) is 30.3 Å². The molecule has 0 spiro atoms. The standard InChI is InChI=1S/C21H20FN5O4/c1-11(28)23-13-6-7-17(31-2)16(9-13)24-21(30)12-8-18(29)27(10-12)20-19-14(22)4-3-5-15(19)25-26-20/h3-7,9,12H,8,10H2,1-2H3,(H,23,28)(H,24,30)(H,25,26)/t12-/m0/s1. The van der Waals surface area contributed by atoms with Crippen molar-refractivity contribution in [1.82, 2.24) is 10.2 Å². The largest absolute Gasteiger partial charge is 0.495 e. The van der Waals surface area contributed by atoms with E-state index >= 15 is 0 Å². The Bertz CT molecular complexity index is 1190. The molecule has 1 aliphatic rings. The van der Waals surface area contributed by atoms with Gasteiger partial charge in [0.05, 0.1) is 29.6 Å². The van der Waals surface area contributed by atoms with Crippen LogP contribution in [-0.2, 0) is 14.4 Å². The van der Waals surface area contributed by atoms with Crippen molar-refractivity contribution in [2.75, 3.05) is 29.2 Å². The number of hydrogen-bond acceptors (Lipinski definition) is 5. The fourth-order valence-electron chi connectivity index (χ4n) is 3.62. The zero-order valence-electron chi connectivity index (χ0n) is 16.9. The van der Waals surface area contributed by atoms with Gasteiger partial charge in [-0.2, -0.15) is 5.10 Å². The number of anilines is 3. The van der Waals surface area contributed by atoms with Crippen LogP contribution in [-0.4, -0.2) is 41.6 Å². The molecule has 3 N–H and O–H groups in total. The number of methoxy groups -OCH3 is 1. The first kappa shape index (κ1) is 20.3. The number of nitrogens with zero attached hydrogens (tertiary/aromatic N) is 2. The summed E-state index contributed by atoms with van der Waals surface area (Å²) in [7, 11) is 1.46. The molecular formula is C21H20FN5O4. The lowest BCUT2D eigenvalue weighted by Gasteiger charge is -2.16. The first-order valence-electron chi connectivity index (χ1n) is 9.57. The van der Waals surface area contributed by atoms with E-state index in [0.29, 0.717) is 22.6 Å². The van der Waals surface area contributed by atoms with Crippen LogP contribution in [0.4, 0.5) is 21.6 Å². The van der Waals surface area contributed by atoms with Crippen LogP contribution in [0.25, 0.3) is 10.9 Å². The Morgan fingerprint density at radius 3 is 2.81 bits per heavy atom. The molecule has 160 valence electrons. The van der Waals surface area contributed by atoms with Crippen LogP contribution < -0.4 is 20.3 Å². The average molecular weight is 425 g/mol. The van der Waals surface area contributed by atoms with Gasteiger partial charge in [-0.3, -0.25) is 24.4 Å². The normalized spacial score (nSPS) is 15.9. The van der Waals surface area contributed by atoms with Gasteiger partial charge < -0.3 is 15.4 Å². The second-order valence-corrected chi connectivity index (χ2v) is 7.20. The fourth-order valence-corrected chi connectivity index (χ4v) is 3.62. The van der Waals surface area contributed by atoms with Gasteiger partial charge in [-0.15, -0.1) is 0 Å². The number of carbonyl (C=O) groups excluding carboxylic acids is 3. The van der Waals surface area contributed by atoms with Crippen molar-refractivity contribution in [1.29, 1.82) is 0 Å². The van der Waals surface area contributed by atoms with E-state index in [1.807, 2.05) is 0 Å². The molecule has 2 aromatic carbocycles. The number of benzene rings is 2. The van der Waals surface area contributed by atoms with Gasteiger partial charge in [0.25, 0.3) is 0 Å². The minimum atomic E-state index is -0.667. The number of carbonyl (C=O) groups is 3. The predicted molar refractivity (Wildman–Crippen MR) is 112 cm³/mol. The van der Waals surface area contributed by atoms with Gasteiger partial charge >= 0.3 is 0 Å². The van der Waals surface area contributed by atoms with Crippen molar-refractivity contribution in [3.05, 3.63) is 42.2 Å². The number of ether oxygens (including phenoxy) is 1. The Morgan fingerprint density at radius 1 is 1.26 bits per heavy atom. The number of rotatable bonds is 5. The van der Waals surface area contributed by atoms with Crippen molar-refractivity contribution in [3.8, 4) is 5.75 Å². The summed E-state index contributed by atoms with van der Waals surface area (Å²) in [6.45, 7) is 1.44. The second kappa shape index (κ2) is 8.05. The highest BCUT2D eigenvalue weighted by molar-refractivity contribution is 6.07. The van der Waals surface area contributed by atoms with E-state index < -0.39 is 17.6 Å². The number of aromatic nitrogens is 2. The molecule has 1 aliphatic heterocycles. The molecule has 1 atom stereocenters. The smallest absolute Gasteiger partial charge is 0.229 e. The van der Waals surface area contributed by atoms with Gasteiger partial charge in [0.1, 0.15) is 11.6 Å². The summed E-state index contributed by atoms with van der Waals surface area (Å²) in [6.07, 6.45) is -0.0393. The van der Waals surface area contributed by atoms with Crippen molar-refractivity contribution in [3.63, 3.8) is 0 Å². The molecule has 31 heavy (non-hydrogen) atoms. The lowest BCUT2D eigenvalue weighted by molar-refractivity contribution is -0.122. The maximum atomic E-state index is 14.3. The van der Waals surface area contributed by atoms with E-state index in [9.17, 15) is 18.8 Å². The zero-order chi connectivity index (χ0) is 22.1. The number of fused-ring (bicyclic) bond motifs is 1. The van der Waals surface area contributed by atoms with E-state index in [-0.39, 0.29) is 36.0 Å². The summed E-state index contributed by atoms with van der Waals surface area (Å²) in [5.74, 6) is -1.56. The van der Waals surface area contributed by atoms with Crippen LogP contribution >= 0.6 is 0 Å². The third-order valence-corrected chi connectivity index (χ3v) is 5.05. The molecule has 3 amide bonds. The number of nitrogens with one attached hydrogen (secondary N) is 3. The topological polar surface area (TPSA) is 116 Å². The van der Waals surface area contributed by atoms with Crippen LogP contribution in [0.3, 0.4) is 0 Å². The zero-order valence-corrected chi connectivity index (χ0v) is 16.9. The molecule has 1 saturated heterocycles. The molecule has 3 aromatic rings. The van der Waals surface area contributed by atoms with Crippen LogP contribution in [0.5, 0.6) is 5.75 Å². The third kappa shape index (κ3) is 3.91. The summed E-state index contributed by atoms with van der Waals surface area (Å²) in [4.78, 5) is 38.1. The summed E-state index contributed by atoms with van der Waals surface area (Å²) < 4.78 is 19.6. The van der Waals surface area contributed by atoms with Gasteiger partial charge in [-0.25, -0.2) is 4.39 Å². The van der Waals surface area contributed by atoms with E-state index in [4.69, 9.17) is 4.74 Å². The Labute approximate surface area is 176 Å². The van der Waals surface area contributed by atoms with Crippen LogP contribution in [0.1, 0.15) is 13.3 Å². The van der Waals surface area contributed by atoms with Gasteiger partial charge in [-0.1, -0.05) is 6.07 Å². The molecule has 1 fully saturated rings. The highest BCUT2D eigenvalue weighted by Crippen LogP contribution is 2.33. The quantitative estimate of drug-likeness (QED) is 0.581. The van der Waals surface area contributed by atoms with Crippen molar-refractivity contribution < 1.29 is 23.5 Å². The average Bonchev–Trinajstić information content (AvgIpc) is 3.32. The maximum Gasteiger partial charge on any atom is 0.229 e. The predicted octanol–water partition coefficient (Wildman–Crippen LogP) is 2.66. The highest BCUT2D eigenvalue weighted by atomic mass is 19.1. The molecule has 0 aliphatic carbocycles. The minimum absolute atomic E-state index is 0.0393. The summed E-state index contributed by atoms with van der Waals surface area (Å²) >= 11 is 0. The summed E-state index contributed by atoms with van der Waals surface area (Å²) in [5.41, 5.74) is 1.32. The summed E-state index contributed by atoms with van der Waals surface area (Å²) in [6, 6.07) is 9.33. The first-order chi connectivity index (χ1) is 14.9. The number of hydrogen-bond donors (Lipinski definition) is 3. The number of H-pyrrole nitrogens is 1. The van der Waals surface area contributed by atoms with Crippen molar-refractivity contribution in [2.45, 2.75) is 13.3 Å². The van der Waals surface area contributed by atoms with Crippen molar-refractivity contribution in [2.24, 2.45) is 5.92 Å². The Balaban J connectivity index is 1.54. The van der Waals surface area contributed by atoms with Crippen molar-refractivity contribution >= 4 is 45.8 Å². The summed E-state index contributed by atoms with van der Waals surface area (Å²) in [5, 5.41) is 12.4. The molecule has 0 saturated carbocycles. The lowest BCUT2D eigenvalue weighted by Crippen LogP contribution is -2.28. The highest BCUT2D eigenvalue weighted by Gasteiger charge is 2.37. The molecular weight excluding hydrogens is 405 g/mol. The Morgan fingerprint density at radius 2 is 2.06 bits per heavy atom. The molecule has 0 radical (unpaired) electrons. The molecule has 4 rings (SSSR count). The van der Waals surface area contributed by atoms with Crippen LogP contribution in [0.2, 0.25) is 0 Å². The lowest BCUT2D eigenvalue weighted by atomic mass is 10.1. The number of halogens is 1. The van der Waals surface area contributed by atoms with E-state index in [2.05, 4.69) is 20.8 Å². The number of amides is 3. The van der Waals surface area contributed by atoms with E-state index in [0.717, 1.165) is 0 Å². The molecule has 2 heterocycles. The molecule has 1 aromatic heterocycles. The van der Waals surface area contributed by atoms with Crippen LogP contribution in [0, 0.1) is 11.7 Å². The minimum Gasteiger partial charge on any atom is -0.495 e. The fraction of sp³-hybridized carbons (Fsp3) is 0.238. The molecule has 0 unspecified atom stereocenters. The van der Waals surface area contributed by atoms with Crippen LogP contribution in [0.15, 0.2) is 36.4 Å². The monoisotopic (exact) mass is 425 g/mol. The Hall–Kier alpha value is -3.95. The van der Waals surface area contributed by atoms with Gasteiger partial charge in [0.15, 0.2) is 5.82 Å². The third-order valence-electron chi connectivity index (χ3n) is 5.05. The molecule has 10 heteroatoms. The number of aromatic amines is 1. The first-order valence-corrected chi connectivity index (χ1v) is 9.57. The van der Waals surface area contributed by atoms with E-state index in [1.165, 1.54) is 25.0 Å². The SMILES string of the molecule is COc1ccc(NC(C)=O)cc1NC(=O)[C@H]1CC(=O)N(c2n[nH]c3cccc(F)c23)C1. The van der Waals surface area contributed by atoms with Gasteiger partial charge in [0.2, 0.25) is 17.7 Å². The van der Waals surface area contributed by atoms with Gasteiger partial charge in [0, 0.05) is 25.6 Å². The Kier molecular flexibility index (Phi) is 5.28.